The minimum atomic E-state index is -0.445. The minimum absolute atomic E-state index is 0.316. The predicted octanol–water partition coefficient (Wildman–Crippen LogP) is 2.31. The van der Waals surface area contributed by atoms with E-state index in [-0.39, 0.29) is 0 Å². The molecule has 82 valence electrons. The Kier molecular flexibility index (Phi) is 5.29. The van der Waals surface area contributed by atoms with Gasteiger partial charge in [0.1, 0.15) is 6.04 Å². The number of rotatable bonds is 5. The van der Waals surface area contributed by atoms with Gasteiger partial charge in [-0.15, -0.1) is 0 Å². The molecular weight excluding hydrogens is 272 g/mol. The van der Waals surface area contributed by atoms with Crippen molar-refractivity contribution in [1.82, 2.24) is 10.3 Å². The van der Waals surface area contributed by atoms with Gasteiger partial charge in [-0.3, -0.25) is 10.3 Å². The highest BCUT2D eigenvalue weighted by Gasteiger charge is 2.09. The normalized spacial score (nSPS) is 11.2. The summed E-state index contributed by atoms with van der Waals surface area (Å²) in [5.74, 6) is 0. The van der Waals surface area contributed by atoms with Crippen LogP contribution in [0.15, 0.2) is 28.0 Å². The molecule has 0 aliphatic heterocycles. The molecule has 1 unspecified atom stereocenters. The molecule has 0 fully saturated rings. The average molecular weight is 281 g/mol. The number of nitrogens with zero attached hydrogens (tertiary/aromatic N) is 5. The Morgan fingerprint density at radius 1 is 1.69 bits per heavy atom. The Balaban J connectivity index is 2.61. The molecule has 16 heavy (non-hydrogen) atoms. The first-order valence-electron chi connectivity index (χ1n) is 4.52. The van der Waals surface area contributed by atoms with Gasteiger partial charge in [-0.25, -0.2) is 0 Å². The standard InChI is InChI=1S/C9H9BrN6/c10-8-3-7(5-13-6-8)9(4-11)14-1-2-15-16-12/h3,5-6,9,14H,1-2H2. The van der Waals surface area contributed by atoms with E-state index in [4.69, 9.17) is 10.8 Å². The van der Waals surface area contributed by atoms with E-state index >= 15 is 0 Å². The Morgan fingerprint density at radius 2 is 2.50 bits per heavy atom. The monoisotopic (exact) mass is 280 g/mol. The van der Waals surface area contributed by atoms with E-state index in [0.29, 0.717) is 13.1 Å². The van der Waals surface area contributed by atoms with Gasteiger partial charge < -0.3 is 0 Å². The number of nitriles is 1. The van der Waals surface area contributed by atoms with Crippen molar-refractivity contribution >= 4 is 15.9 Å². The van der Waals surface area contributed by atoms with Gasteiger partial charge in [-0.1, -0.05) is 5.11 Å². The van der Waals surface area contributed by atoms with Crippen molar-refractivity contribution in [2.75, 3.05) is 13.1 Å². The first-order valence-corrected chi connectivity index (χ1v) is 5.31. The number of pyridine rings is 1. The number of nitrogens with one attached hydrogen (secondary N) is 1. The fourth-order valence-corrected chi connectivity index (χ4v) is 1.51. The quantitative estimate of drug-likeness (QED) is 0.388. The van der Waals surface area contributed by atoms with Crippen molar-refractivity contribution in [3.8, 4) is 6.07 Å². The van der Waals surface area contributed by atoms with Gasteiger partial charge in [0.25, 0.3) is 0 Å². The maximum Gasteiger partial charge on any atom is 0.122 e. The van der Waals surface area contributed by atoms with Gasteiger partial charge in [-0.05, 0) is 27.5 Å². The molecule has 1 heterocycles. The summed E-state index contributed by atoms with van der Waals surface area (Å²) < 4.78 is 0.821. The molecule has 0 saturated carbocycles. The van der Waals surface area contributed by atoms with Crippen LogP contribution in [0, 0.1) is 11.3 Å². The summed E-state index contributed by atoms with van der Waals surface area (Å²) in [5, 5.41) is 15.3. The molecule has 0 aliphatic carbocycles. The second-order valence-electron chi connectivity index (χ2n) is 2.91. The van der Waals surface area contributed by atoms with Crippen molar-refractivity contribution in [2.45, 2.75) is 6.04 Å². The Morgan fingerprint density at radius 3 is 3.12 bits per heavy atom. The highest BCUT2D eigenvalue weighted by atomic mass is 79.9. The predicted molar refractivity (Wildman–Crippen MR) is 62.3 cm³/mol. The molecule has 0 aliphatic rings. The van der Waals surface area contributed by atoms with Crippen molar-refractivity contribution in [2.24, 2.45) is 5.11 Å². The highest BCUT2D eigenvalue weighted by Crippen LogP contribution is 2.15. The molecular formula is C9H9BrN6. The first kappa shape index (κ1) is 12.5. The van der Waals surface area contributed by atoms with E-state index in [1.165, 1.54) is 0 Å². The van der Waals surface area contributed by atoms with Crippen molar-refractivity contribution in [3.63, 3.8) is 0 Å². The molecule has 1 aromatic rings. The smallest absolute Gasteiger partial charge is 0.122 e. The first-order chi connectivity index (χ1) is 7.77. The summed E-state index contributed by atoms with van der Waals surface area (Å²) in [6.45, 7) is 0.769. The van der Waals surface area contributed by atoms with E-state index in [2.05, 4.69) is 42.3 Å². The van der Waals surface area contributed by atoms with Crippen molar-refractivity contribution in [1.29, 1.82) is 5.26 Å². The van der Waals surface area contributed by atoms with Gasteiger partial charge in [0.05, 0.1) is 6.07 Å². The lowest BCUT2D eigenvalue weighted by atomic mass is 10.1. The number of halogens is 1. The average Bonchev–Trinajstić information content (AvgIpc) is 2.29. The second kappa shape index (κ2) is 6.80. The zero-order chi connectivity index (χ0) is 11.8. The van der Waals surface area contributed by atoms with Crippen LogP contribution in [-0.2, 0) is 0 Å². The fourth-order valence-electron chi connectivity index (χ4n) is 1.13. The van der Waals surface area contributed by atoms with Crippen LogP contribution in [0.2, 0.25) is 0 Å². The molecule has 6 nitrogen and oxygen atoms in total. The summed E-state index contributed by atoms with van der Waals surface area (Å²) in [5.41, 5.74) is 8.87. The lowest BCUT2D eigenvalue weighted by Gasteiger charge is -2.10. The Hall–Kier alpha value is -1.61. The number of hydrogen-bond acceptors (Lipinski definition) is 4. The van der Waals surface area contributed by atoms with Crippen LogP contribution in [0.1, 0.15) is 11.6 Å². The van der Waals surface area contributed by atoms with Crippen molar-refractivity contribution < 1.29 is 0 Å². The molecule has 0 spiro atoms. The van der Waals surface area contributed by atoms with Gasteiger partial charge in [-0.2, -0.15) is 5.26 Å². The lowest BCUT2D eigenvalue weighted by molar-refractivity contribution is 0.633. The van der Waals surface area contributed by atoms with Crippen LogP contribution in [0.5, 0.6) is 0 Å². The number of hydrogen-bond donors (Lipinski definition) is 1. The summed E-state index contributed by atoms with van der Waals surface area (Å²) >= 11 is 3.29. The summed E-state index contributed by atoms with van der Waals surface area (Å²) in [6, 6.07) is 3.49. The van der Waals surface area contributed by atoms with E-state index in [1.807, 2.05) is 6.07 Å². The SMILES string of the molecule is N#CC(NCCN=[N+]=[N-])c1cncc(Br)c1. The maximum absolute atomic E-state index is 8.97. The van der Waals surface area contributed by atoms with Crippen LogP contribution in [0.25, 0.3) is 10.4 Å². The molecule has 1 rings (SSSR count). The van der Waals surface area contributed by atoms with Crippen LogP contribution in [0.4, 0.5) is 0 Å². The van der Waals surface area contributed by atoms with Crippen LogP contribution < -0.4 is 5.32 Å². The van der Waals surface area contributed by atoms with E-state index in [0.717, 1.165) is 10.0 Å². The third-order valence-electron chi connectivity index (χ3n) is 1.81. The molecule has 0 aromatic carbocycles. The van der Waals surface area contributed by atoms with E-state index < -0.39 is 6.04 Å². The molecule has 1 aromatic heterocycles. The van der Waals surface area contributed by atoms with E-state index in [1.54, 1.807) is 12.4 Å². The fraction of sp³-hybridized carbons (Fsp3) is 0.333. The molecule has 0 amide bonds. The zero-order valence-electron chi connectivity index (χ0n) is 8.34. The van der Waals surface area contributed by atoms with Crippen LogP contribution in [-0.4, -0.2) is 18.1 Å². The van der Waals surface area contributed by atoms with Crippen molar-refractivity contribution in [3.05, 3.63) is 38.9 Å². The van der Waals surface area contributed by atoms with Gasteiger partial charge in [0, 0.05) is 40.4 Å². The summed E-state index contributed by atoms with van der Waals surface area (Å²) in [4.78, 5) is 6.60. The third-order valence-corrected chi connectivity index (χ3v) is 2.25. The number of aromatic nitrogens is 1. The topological polar surface area (TPSA) is 97.5 Å². The van der Waals surface area contributed by atoms with E-state index in [9.17, 15) is 0 Å². The number of azide groups is 1. The molecule has 1 N–H and O–H groups in total. The second-order valence-corrected chi connectivity index (χ2v) is 3.82. The van der Waals surface area contributed by atoms with Crippen LogP contribution in [0.3, 0.4) is 0 Å². The molecule has 7 heteroatoms. The van der Waals surface area contributed by atoms with Gasteiger partial charge in [0.2, 0.25) is 0 Å². The lowest BCUT2D eigenvalue weighted by Crippen LogP contribution is -2.22. The Labute approximate surface area is 101 Å². The maximum atomic E-state index is 8.97. The third kappa shape index (κ3) is 3.87. The highest BCUT2D eigenvalue weighted by molar-refractivity contribution is 9.10. The molecule has 0 saturated heterocycles. The largest absolute Gasteiger partial charge is 0.298 e. The molecule has 0 radical (unpaired) electrons. The molecule has 1 atom stereocenters. The Bertz CT molecular complexity index is 434. The van der Waals surface area contributed by atoms with Gasteiger partial charge >= 0.3 is 0 Å². The van der Waals surface area contributed by atoms with Crippen LogP contribution >= 0.6 is 15.9 Å². The summed E-state index contributed by atoms with van der Waals surface area (Å²) in [6.07, 6.45) is 3.27. The zero-order valence-corrected chi connectivity index (χ0v) is 9.92. The minimum Gasteiger partial charge on any atom is -0.298 e. The van der Waals surface area contributed by atoms with Gasteiger partial charge in [0.15, 0.2) is 0 Å². The summed E-state index contributed by atoms with van der Waals surface area (Å²) in [7, 11) is 0. The molecule has 0 bridgehead atoms.